The van der Waals surface area contributed by atoms with Crippen LogP contribution in [0.1, 0.15) is 30.9 Å². The van der Waals surface area contributed by atoms with Crippen molar-refractivity contribution in [1.82, 2.24) is 10.2 Å². The van der Waals surface area contributed by atoms with Crippen molar-refractivity contribution in [3.63, 3.8) is 0 Å². The van der Waals surface area contributed by atoms with Crippen molar-refractivity contribution >= 4 is 0 Å². The van der Waals surface area contributed by atoms with Gasteiger partial charge < -0.3 is 10.1 Å². The van der Waals surface area contributed by atoms with Gasteiger partial charge in [-0.25, -0.2) is 0 Å². The van der Waals surface area contributed by atoms with Gasteiger partial charge in [-0.2, -0.15) is 0 Å². The second-order valence-electron chi connectivity index (χ2n) is 5.43. The minimum atomic E-state index is 0.443. The summed E-state index contributed by atoms with van der Waals surface area (Å²) in [6, 6.07) is 8.91. The predicted octanol–water partition coefficient (Wildman–Crippen LogP) is 2.41. The van der Waals surface area contributed by atoms with Crippen LogP contribution in [0.2, 0.25) is 0 Å². The van der Waals surface area contributed by atoms with E-state index in [0.29, 0.717) is 6.10 Å². The highest BCUT2D eigenvalue weighted by Crippen LogP contribution is 2.14. The van der Waals surface area contributed by atoms with Crippen LogP contribution in [0.15, 0.2) is 24.3 Å². The first kappa shape index (κ1) is 14.5. The summed E-state index contributed by atoms with van der Waals surface area (Å²) >= 11 is 0. The maximum absolute atomic E-state index is 5.67. The summed E-state index contributed by atoms with van der Waals surface area (Å²) in [7, 11) is 2.17. The SMILES string of the molecule is CCNCc1ccc(CN(C)CC2CCCO2)cc1. The largest absolute Gasteiger partial charge is 0.377 e. The van der Waals surface area contributed by atoms with Crippen molar-refractivity contribution in [3.05, 3.63) is 35.4 Å². The van der Waals surface area contributed by atoms with E-state index in [1.807, 2.05) is 0 Å². The van der Waals surface area contributed by atoms with Gasteiger partial charge in [-0.1, -0.05) is 31.2 Å². The number of nitrogens with zero attached hydrogens (tertiary/aromatic N) is 1. The van der Waals surface area contributed by atoms with E-state index in [1.165, 1.54) is 24.0 Å². The average Bonchev–Trinajstić information content (AvgIpc) is 2.90. The topological polar surface area (TPSA) is 24.5 Å². The Balaban J connectivity index is 1.77. The third-order valence-electron chi connectivity index (χ3n) is 3.59. The molecule has 1 aliphatic rings. The summed E-state index contributed by atoms with van der Waals surface area (Å²) < 4.78 is 5.67. The van der Waals surface area contributed by atoms with Crippen LogP contribution < -0.4 is 5.32 Å². The minimum absolute atomic E-state index is 0.443. The Morgan fingerprint density at radius 1 is 1.26 bits per heavy atom. The molecule has 3 nitrogen and oxygen atoms in total. The lowest BCUT2D eigenvalue weighted by Crippen LogP contribution is -2.28. The van der Waals surface area contributed by atoms with Crippen LogP contribution in [0.3, 0.4) is 0 Å². The molecule has 1 atom stereocenters. The molecule has 106 valence electrons. The minimum Gasteiger partial charge on any atom is -0.377 e. The molecule has 1 aromatic carbocycles. The molecule has 2 rings (SSSR count). The van der Waals surface area contributed by atoms with E-state index in [4.69, 9.17) is 4.74 Å². The summed E-state index contributed by atoms with van der Waals surface area (Å²) in [5.74, 6) is 0. The highest BCUT2D eigenvalue weighted by Gasteiger charge is 2.17. The molecule has 1 aromatic rings. The molecule has 1 unspecified atom stereocenters. The van der Waals surface area contributed by atoms with Gasteiger partial charge in [0, 0.05) is 26.2 Å². The number of benzene rings is 1. The Morgan fingerprint density at radius 3 is 2.63 bits per heavy atom. The molecule has 0 amide bonds. The summed E-state index contributed by atoms with van der Waals surface area (Å²) in [6.45, 7) is 7.10. The molecule has 0 spiro atoms. The maximum Gasteiger partial charge on any atom is 0.0702 e. The van der Waals surface area contributed by atoms with Gasteiger partial charge in [0.15, 0.2) is 0 Å². The van der Waals surface area contributed by atoms with E-state index in [0.717, 1.165) is 32.8 Å². The Bertz CT molecular complexity index is 358. The normalized spacial score (nSPS) is 19.2. The van der Waals surface area contributed by atoms with Crippen LogP contribution in [-0.2, 0) is 17.8 Å². The monoisotopic (exact) mass is 262 g/mol. The molecular formula is C16H26N2O. The van der Waals surface area contributed by atoms with Crippen LogP contribution in [0.25, 0.3) is 0 Å². The molecule has 0 radical (unpaired) electrons. The van der Waals surface area contributed by atoms with Gasteiger partial charge >= 0.3 is 0 Å². The zero-order valence-electron chi connectivity index (χ0n) is 12.2. The number of likely N-dealkylation sites (N-methyl/N-ethyl adjacent to an activating group) is 1. The van der Waals surface area contributed by atoms with Gasteiger partial charge in [0.1, 0.15) is 0 Å². The molecule has 1 saturated heterocycles. The van der Waals surface area contributed by atoms with Crippen molar-refractivity contribution in [1.29, 1.82) is 0 Å². The van der Waals surface area contributed by atoms with E-state index in [-0.39, 0.29) is 0 Å². The van der Waals surface area contributed by atoms with Gasteiger partial charge in [-0.15, -0.1) is 0 Å². The first-order valence-corrected chi connectivity index (χ1v) is 7.36. The predicted molar refractivity (Wildman–Crippen MR) is 79.1 cm³/mol. The van der Waals surface area contributed by atoms with Gasteiger partial charge in [-0.3, -0.25) is 4.90 Å². The number of ether oxygens (including phenoxy) is 1. The highest BCUT2D eigenvalue weighted by molar-refractivity contribution is 5.22. The maximum atomic E-state index is 5.67. The van der Waals surface area contributed by atoms with Gasteiger partial charge in [-0.05, 0) is 37.6 Å². The summed E-state index contributed by atoms with van der Waals surface area (Å²) in [5, 5.41) is 3.35. The van der Waals surface area contributed by atoms with E-state index < -0.39 is 0 Å². The zero-order valence-corrected chi connectivity index (χ0v) is 12.2. The number of hydrogen-bond acceptors (Lipinski definition) is 3. The third-order valence-corrected chi connectivity index (χ3v) is 3.59. The highest BCUT2D eigenvalue weighted by atomic mass is 16.5. The Morgan fingerprint density at radius 2 is 2.00 bits per heavy atom. The fourth-order valence-electron chi connectivity index (χ4n) is 2.54. The average molecular weight is 262 g/mol. The summed E-state index contributed by atoms with van der Waals surface area (Å²) in [6.07, 6.45) is 2.88. The standard InChI is InChI=1S/C16H26N2O/c1-3-17-11-14-6-8-15(9-7-14)12-18(2)13-16-5-4-10-19-16/h6-9,16-17H,3-5,10-13H2,1-2H3. The first-order chi connectivity index (χ1) is 9.28. The van der Waals surface area contributed by atoms with E-state index in [1.54, 1.807) is 0 Å². The van der Waals surface area contributed by atoms with Crippen LogP contribution in [0.4, 0.5) is 0 Å². The first-order valence-electron chi connectivity index (χ1n) is 7.36. The second-order valence-corrected chi connectivity index (χ2v) is 5.43. The van der Waals surface area contributed by atoms with Crippen LogP contribution in [0.5, 0.6) is 0 Å². The van der Waals surface area contributed by atoms with Crippen molar-refractivity contribution in [2.45, 2.75) is 39.0 Å². The molecule has 1 aliphatic heterocycles. The smallest absolute Gasteiger partial charge is 0.0702 e. The van der Waals surface area contributed by atoms with Crippen molar-refractivity contribution < 1.29 is 4.74 Å². The molecule has 1 N–H and O–H groups in total. The molecule has 0 aliphatic carbocycles. The Kier molecular flexibility index (Phi) is 5.83. The van der Waals surface area contributed by atoms with Crippen molar-refractivity contribution in [2.75, 3.05) is 26.7 Å². The van der Waals surface area contributed by atoms with E-state index in [9.17, 15) is 0 Å². The molecule has 19 heavy (non-hydrogen) atoms. The van der Waals surface area contributed by atoms with Crippen LogP contribution in [-0.4, -0.2) is 37.7 Å². The molecule has 0 saturated carbocycles. The second kappa shape index (κ2) is 7.63. The van der Waals surface area contributed by atoms with Crippen molar-refractivity contribution in [3.8, 4) is 0 Å². The fourth-order valence-corrected chi connectivity index (χ4v) is 2.54. The zero-order chi connectivity index (χ0) is 13.5. The molecule has 0 aromatic heterocycles. The Hall–Kier alpha value is -0.900. The van der Waals surface area contributed by atoms with Crippen molar-refractivity contribution in [2.24, 2.45) is 0 Å². The Labute approximate surface area is 116 Å². The number of rotatable bonds is 7. The molecule has 1 heterocycles. The molecule has 1 fully saturated rings. The van der Waals surface area contributed by atoms with Gasteiger partial charge in [0.25, 0.3) is 0 Å². The third kappa shape index (κ3) is 4.94. The summed E-state index contributed by atoms with van der Waals surface area (Å²) in [4.78, 5) is 2.36. The lowest BCUT2D eigenvalue weighted by Gasteiger charge is -2.20. The summed E-state index contributed by atoms with van der Waals surface area (Å²) in [5.41, 5.74) is 2.73. The number of hydrogen-bond donors (Lipinski definition) is 1. The van der Waals surface area contributed by atoms with Crippen LogP contribution >= 0.6 is 0 Å². The number of nitrogens with one attached hydrogen (secondary N) is 1. The molecule has 3 heteroatoms. The molecular weight excluding hydrogens is 236 g/mol. The van der Waals surface area contributed by atoms with E-state index in [2.05, 4.69) is 48.5 Å². The quantitative estimate of drug-likeness (QED) is 0.816. The van der Waals surface area contributed by atoms with E-state index >= 15 is 0 Å². The van der Waals surface area contributed by atoms with Gasteiger partial charge in [0.2, 0.25) is 0 Å². The molecule has 0 bridgehead atoms. The lowest BCUT2D eigenvalue weighted by atomic mass is 10.1. The lowest BCUT2D eigenvalue weighted by molar-refractivity contribution is 0.0793. The van der Waals surface area contributed by atoms with Crippen LogP contribution in [0, 0.1) is 0 Å². The van der Waals surface area contributed by atoms with Gasteiger partial charge in [0.05, 0.1) is 6.10 Å². The fraction of sp³-hybridized carbons (Fsp3) is 0.625.